The fraction of sp³-hybridized carbons (Fsp3) is 0.680. The van der Waals surface area contributed by atoms with Gasteiger partial charge in [0, 0.05) is 42.7 Å². The van der Waals surface area contributed by atoms with Gasteiger partial charge in [-0.05, 0) is 63.8 Å². The number of aliphatic hydroxyl groups is 1. The minimum Gasteiger partial charge on any atom is -0.488 e. The van der Waals surface area contributed by atoms with Crippen LogP contribution in [-0.4, -0.2) is 72.2 Å². The Kier molecular flexibility index (Phi) is 7.05. The van der Waals surface area contributed by atoms with Crippen LogP contribution < -0.4 is 10.1 Å². The smallest absolute Gasteiger partial charge is 0.227 e. The Morgan fingerprint density at radius 1 is 1.28 bits per heavy atom. The first-order valence-corrected chi connectivity index (χ1v) is 12.0. The zero-order chi connectivity index (χ0) is 22.8. The highest BCUT2D eigenvalue weighted by Crippen LogP contribution is 2.33. The number of ether oxygens (including phenoxy) is 1. The summed E-state index contributed by atoms with van der Waals surface area (Å²) < 4.78 is 6.54. The van der Waals surface area contributed by atoms with E-state index in [4.69, 9.17) is 4.74 Å². The Bertz CT molecular complexity index is 836. The minimum absolute atomic E-state index is 0.0269. The second-order valence-corrected chi connectivity index (χ2v) is 10.1. The first kappa shape index (κ1) is 23.1. The molecular weight excluding hydrogens is 406 g/mol. The van der Waals surface area contributed by atoms with Crippen LogP contribution >= 0.6 is 0 Å². The van der Waals surface area contributed by atoms with Gasteiger partial charge in [0.05, 0.1) is 19.1 Å². The SMILES string of the molecule is C[C@H](CO)N1C[C@H](C)[C@H](CN(C)CC2CC2)Oc2ccc(NC(=O)C3CC3)cc2CC1=O. The maximum atomic E-state index is 13.2. The zero-order valence-electron chi connectivity index (χ0n) is 19.5. The molecule has 1 aliphatic heterocycles. The lowest BCUT2D eigenvalue weighted by atomic mass is 10.0. The Hall–Kier alpha value is -2.12. The molecule has 0 spiro atoms. The molecule has 1 aromatic carbocycles. The van der Waals surface area contributed by atoms with E-state index in [0.29, 0.717) is 18.0 Å². The molecule has 0 unspecified atom stereocenters. The van der Waals surface area contributed by atoms with Crippen LogP contribution in [0.15, 0.2) is 18.2 Å². The van der Waals surface area contributed by atoms with Gasteiger partial charge in [0.25, 0.3) is 0 Å². The molecule has 2 N–H and O–H groups in total. The first-order chi connectivity index (χ1) is 15.3. The second kappa shape index (κ2) is 9.79. The van der Waals surface area contributed by atoms with E-state index in [0.717, 1.165) is 37.4 Å². The van der Waals surface area contributed by atoms with Crippen molar-refractivity contribution in [2.75, 3.05) is 38.6 Å². The van der Waals surface area contributed by atoms with Gasteiger partial charge >= 0.3 is 0 Å². The second-order valence-electron chi connectivity index (χ2n) is 10.1. The number of fused-ring (bicyclic) bond motifs is 1. The average Bonchev–Trinajstić information content (AvgIpc) is 3.66. The number of amides is 2. The number of anilines is 1. The molecule has 3 atom stereocenters. The van der Waals surface area contributed by atoms with E-state index in [1.807, 2.05) is 25.1 Å². The molecule has 0 radical (unpaired) electrons. The molecule has 0 aromatic heterocycles. The topological polar surface area (TPSA) is 82.1 Å². The molecule has 3 aliphatic rings. The lowest BCUT2D eigenvalue weighted by Gasteiger charge is -2.34. The highest BCUT2D eigenvalue weighted by Gasteiger charge is 2.33. The number of carbonyl (C=O) groups excluding carboxylic acids is 2. The van der Waals surface area contributed by atoms with Gasteiger partial charge in [0.15, 0.2) is 0 Å². The van der Waals surface area contributed by atoms with Gasteiger partial charge in [0.1, 0.15) is 11.9 Å². The van der Waals surface area contributed by atoms with Crippen molar-refractivity contribution < 1.29 is 19.4 Å². The monoisotopic (exact) mass is 443 g/mol. The van der Waals surface area contributed by atoms with Gasteiger partial charge in [-0.25, -0.2) is 0 Å². The van der Waals surface area contributed by atoms with Crippen LogP contribution in [0.1, 0.15) is 45.1 Å². The zero-order valence-corrected chi connectivity index (χ0v) is 19.5. The highest BCUT2D eigenvalue weighted by molar-refractivity contribution is 5.94. The number of hydrogen-bond donors (Lipinski definition) is 2. The van der Waals surface area contributed by atoms with Crippen molar-refractivity contribution >= 4 is 17.5 Å². The third-order valence-corrected chi connectivity index (χ3v) is 6.89. The van der Waals surface area contributed by atoms with Crippen LogP contribution in [-0.2, 0) is 16.0 Å². The molecule has 7 heteroatoms. The summed E-state index contributed by atoms with van der Waals surface area (Å²) in [4.78, 5) is 29.6. The molecule has 7 nitrogen and oxygen atoms in total. The Morgan fingerprint density at radius 2 is 2.03 bits per heavy atom. The maximum absolute atomic E-state index is 13.2. The first-order valence-electron chi connectivity index (χ1n) is 12.0. The van der Waals surface area contributed by atoms with Crippen LogP contribution in [0.2, 0.25) is 0 Å². The molecule has 1 aromatic rings. The lowest BCUT2D eigenvalue weighted by molar-refractivity contribution is -0.134. The summed E-state index contributed by atoms with van der Waals surface area (Å²) in [6.07, 6.45) is 4.61. The highest BCUT2D eigenvalue weighted by atomic mass is 16.5. The number of hydrogen-bond acceptors (Lipinski definition) is 5. The van der Waals surface area contributed by atoms with Crippen LogP contribution in [0.25, 0.3) is 0 Å². The lowest BCUT2D eigenvalue weighted by Crippen LogP contribution is -2.47. The van der Waals surface area contributed by atoms with E-state index in [2.05, 4.69) is 24.2 Å². The quantitative estimate of drug-likeness (QED) is 0.645. The fourth-order valence-electron chi connectivity index (χ4n) is 4.44. The van der Waals surface area contributed by atoms with Crippen molar-refractivity contribution in [1.29, 1.82) is 0 Å². The summed E-state index contributed by atoms with van der Waals surface area (Å²) in [5.41, 5.74) is 1.48. The maximum Gasteiger partial charge on any atom is 0.227 e. The van der Waals surface area contributed by atoms with Crippen molar-refractivity contribution in [1.82, 2.24) is 9.80 Å². The molecule has 176 valence electrons. The predicted molar refractivity (Wildman–Crippen MR) is 124 cm³/mol. The van der Waals surface area contributed by atoms with Crippen molar-refractivity contribution in [3.05, 3.63) is 23.8 Å². The molecule has 1 heterocycles. The van der Waals surface area contributed by atoms with Gasteiger partial charge in [-0.1, -0.05) is 6.92 Å². The molecule has 4 rings (SSSR count). The molecule has 2 saturated carbocycles. The summed E-state index contributed by atoms with van der Waals surface area (Å²) in [5.74, 6) is 1.74. The minimum atomic E-state index is -0.255. The van der Waals surface area contributed by atoms with Crippen molar-refractivity contribution in [2.24, 2.45) is 17.8 Å². The van der Waals surface area contributed by atoms with Crippen LogP contribution in [0.5, 0.6) is 5.75 Å². The summed E-state index contributed by atoms with van der Waals surface area (Å²) in [6.45, 7) is 6.33. The van der Waals surface area contributed by atoms with Gasteiger partial charge < -0.3 is 25.0 Å². The molecular formula is C25H37N3O4. The summed E-state index contributed by atoms with van der Waals surface area (Å²) in [5, 5.41) is 12.7. The summed E-state index contributed by atoms with van der Waals surface area (Å²) in [6, 6.07) is 5.37. The van der Waals surface area contributed by atoms with E-state index in [-0.39, 0.29) is 48.8 Å². The van der Waals surface area contributed by atoms with E-state index in [9.17, 15) is 14.7 Å². The molecule has 0 bridgehead atoms. The number of nitrogens with one attached hydrogen (secondary N) is 1. The molecule has 32 heavy (non-hydrogen) atoms. The largest absolute Gasteiger partial charge is 0.488 e. The Morgan fingerprint density at radius 3 is 2.69 bits per heavy atom. The van der Waals surface area contributed by atoms with E-state index in [1.54, 1.807) is 4.90 Å². The standard InChI is InChI=1S/C25H37N3O4/c1-16-12-28(17(2)15-29)24(30)11-20-10-21(26-25(31)19-6-7-19)8-9-22(20)32-23(16)14-27(3)13-18-4-5-18/h8-10,16-19,23,29H,4-7,11-15H2,1-3H3,(H,26,31)/t16-,17+,23-/m0/s1. The molecule has 2 aliphatic carbocycles. The molecule has 2 fully saturated rings. The van der Waals surface area contributed by atoms with Gasteiger partial charge in [-0.2, -0.15) is 0 Å². The van der Waals surface area contributed by atoms with Gasteiger partial charge in [-0.15, -0.1) is 0 Å². The normalized spacial score (nSPS) is 24.8. The van der Waals surface area contributed by atoms with E-state index < -0.39 is 0 Å². The molecule has 0 saturated heterocycles. The molecule has 2 amide bonds. The Labute approximate surface area is 191 Å². The fourth-order valence-corrected chi connectivity index (χ4v) is 4.44. The van der Waals surface area contributed by atoms with Gasteiger partial charge in [-0.3, -0.25) is 9.59 Å². The Balaban J connectivity index is 1.59. The third-order valence-electron chi connectivity index (χ3n) is 6.89. The van der Waals surface area contributed by atoms with E-state index >= 15 is 0 Å². The van der Waals surface area contributed by atoms with Crippen LogP contribution in [0.4, 0.5) is 5.69 Å². The van der Waals surface area contributed by atoms with Crippen molar-refractivity contribution in [3.8, 4) is 5.75 Å². The number of benzene rings is 1. The number of carbonyl (C=O) groups is 2. The average molecular weight is 444 g/mol. The number of rotatable bonds is 8. The van der Waals surface area contributed by atoms with Crippen molar-refractivity contribution in [3.63, 3.8) is 0 Å². The number of nitrogens with zero attached hydrogens (tertiary/aromatic N) is 2. The predicted octanol–water partition coefficient (Wildman–Crippen LogP) is 2.53. The van der Waals surface area contributed by atoms with E-state index in [1.165, 1.54) is 12.8 Å². The van der Waals surface area contributed by atoms with Crippen molar-refractivity contribution in [2.45, 2.75) is 58.1 Å². The summed E-state index contributed by atoms with van der Waals surface area (Å²) >= 11 is 0. The van der Waals surface area contributed by atoms with Crippen LogP contribution in [0.3, 0.4) is 0 Å². The number of aliphatic hydroxyl groups excluding tert-OH is 1. The third kappa shape index (κ3) is 5.81. The number of likely N-dealkylation sites (N-methyl/N-ethyl adjacent to an activating group) is 1. The van der Waals surface area contributed by atoms with Gasteiger partial charge in [0.2, 0.25) is 11.8 Å². The summed E-state index contributed by atoms with van der Waals surface area (Å²) in [7, 11) is 2.14. The van der Waals surface area contributed by atoms with Crippen LogP contribution in [0, 0.1) is 17.8 Å².